The predicted molar refractivity (Wildman–Crippen MR) is 101 cm³/mol. The Morgan fingerprint density at radius 2 is 2.04 bits per heavy atom. The van der Waals surface area contributed by atoms with Crippen molar-refractivity contribution in [2.75, 3.05) is 31.2 Å². The highest BCUT2D eigenvalue weighted by molar-refractivity contribution is 9.10. The average molecular weight is 412 g/mol. The third kappa shape index (κ3) is 5.92. The van der Waals surface area contributed by atoms with E-state index in [0.29, 0.717) is 11.4 Å². The number of hydrogen-bond acceptors (Lipinski definition) is 2. The van der Waals surface area contributed by atoms with E-state index in [4.69, 9.17) is 0 Å². The zero-order valence-corrected chi connectivity index (χ0v) is 16.1. The molecule has 0 radical (unpaired) electrons. The summed E-state index contributed by atoms with van der Waals surface area (Å²) in [5.41, 5.74) is 1.85. The lowest BCUT2D eigenvalue weighted by Crippen LogP contribution is -3.10. The molecule has 0 heterocycles. The summed E-state index contributed by atoms with van der Waals surface area (Å²) >= 11 is 4.89. The van der Waals surface area contributed by atoms with Crippen LogP contribution in [0.1, 0.15) is 5.56 Å². The van der Waals surface area contributed by atoms with Crippen molar-refractivity contribution in [1.29, 1.82) is 0 Å². The molecule has 3 nitrogen and oxygen atoms in total. The summed E-state index contributed by atoms with van der Waals surface area (Å²) in [5.74, 6) is 0.551. The topological polar surface area (TPSA) is 33.5 Å². The third-order valence-corrected chi connectivity index (χ3v) is 5.09. The lowest BCUT2D eigenvalue weighted by molar-refractivity contribution is -0.868. The molecule has 24 heavy (non-hydrogen) atoms. The fraction of sp³-hybridized carbons (Fsp3) is 0.278. The molecule has 6 heteroatoms. The number of thioether (sulfide) groups is 1. The van der Waals surface area contributed by atoms with Crippen LogP contribution in [0, 0.1) is 12.7 Å². The Morgan fingerprint density at radius 3 is 2.75 bits per heavy atom. The van der Waals surface area contributed by atoms with E-state index in [1.807, 2.05) is 38.2 Å². The molecule has 1 amide bonds. The number of nitrogens with one attached hydrogen (secondary N) is 2. The van der Waals surface area contributed by atoms with Gasteiger partial charge < -0.3 is 10.2 Å². The largest absolute Gasteiger partial charge is 0.329 e. The van der Waals surface area contributed by atoms with Crippen LogP contribution in [-0.2, 0) is 4.79 Å². The molecule has 0 saturated carbocycles. The van der Waals surface area contributed by atoms with Gasteiger partial charge in [0.05, 0.1) is 13.6 Å². The second-order valence-corrected chi connectivity index (χ2v) is 7.72. The summed E-state index contributed by atoms with van der Waals surface area (Å²) in [6.45, 7) is 3.13. The molecule has 2 rings (SSSR count). The zero-order valence-electron chi connectivity index (χ0n) is 13.7. The Morgan fingerprint density at radius 1 is 1.29 bits per heavy atom. The van der Waals surface area contributed by atoms with Crippen LogP contribution in [-0.4, -0.2) is 31.8 Å². The van der Waals surface area contributed by atoms with Gasteiger partial charge in [-0.25, -0.2) is 4.39 Å². The van der Waals surface area contributed by atoms with Gasteiger partial charge in [-0.3, -0.25) is 4.79 Å². The van der Waals surface area contributed by atoms with Gasteiger partial charge in [0, 0.05) is 20.8 Å². The first kappa shape index (κ1) is 19.0. The van der Waals surface area contributed by atoms with Crippen LogP contribution >= 0.6 is 27.7 Å². The van der Waals surface area contributed by atoms with Gasteiger partial charge >= 0.3 is 0 Å². The number of likely N-dealkylation sites (N-methyl/N-ethyl adjacent to an activating group) is 1. The van der Waals surface area contributed by atoms with Gasteiger partial charge in [0.25, 0.3) is 5.91 Å². The number of aryl methyl sites for hydroxylation is 1. The number of rotatable bonds is 7. The molecule has 128 valence electrons. The fourth-order valence-electron chi connectivity index (χ4n) is 2.22. The van der Waals surface area contributed by atoms with Crippen LogP contribution < -0.4 is 10.2 Å². The van der Waals surface area contributed by atoms with Crippen molar-refractivity contribution in [3.8, 4) is 0 Å². The van der Waals surface area contributed by atoms with Gasteiger partial charge in [-0.2, -0.15) is 0 Å². The molecule has 0 spiro atoms. The molecule has 0 aliphatic rings. The van der Waals surface area contributed by atoms with Gasteiger partial charge in [-0.05, 0) is 42.8 Å². The number of halogens is 2. The van der Waals surface area contributed by atoms with E-state index in [-0.39, 0.29) is 11.7 Å². The average Bonchev–Trinajstić information content (AvgIpc) is 2.52. The molecule has 0 aromatic heterocycles. The monoisotopic (exact) mass is 411 g/mol. The molecule has 0 fully saturated rings. The number of carbonyl (C=O) groups is 1. The van der Waals surface area contributed by atoms with E-state index in [1.54, 1.807) is 12.1 Å². The quantitative estimate of drug-likeness (QED) is 0.686. The number of hydrogen-bond donors (Lipinski definition) is 2. The van der Waals surface area contributed by atoms with Crippen molar-refractivity contribution in [2.45, 2.75) is 11.8 Å². The molecule has 0 aliphatic carbocycles. The fourth-order valence-corrected chi connectivity index (χ4v) is 3.75. The van der Waals surface area contributed by atoms with Crippen molar-refractivity contribution < 1.29 is 14.1 Å². The highest BCUT2D eigenvalue weighted by atomic mass is 79.9. The molecule has 2 aromatic carbocycles. The first-order valence-electron chi connectivity index (χ1n) is 7.70. The summed E-state index contributed by atoms with van der Waals surface area (Å²) in [4.78, 5) is 13.9. The number of amides is 1. The molecule has 1 unspecified atom stereocenters. The predicted octanol–water partition coefficient (Wildman–Crippen LogP) is 3.14. The summed E-state index contributed by atoms with van der Waals surface area (Å²) in [5, 5.41) is 2.94. The van der Waals surface area contributed by atoms with E-state index < -0.39 is 0 Å². The summed E-state index contributed by atoms with van der Waals surface area (Å²) in [7, 11) is 1.97. The van der Waals surface area contributed by atoms with Gasteiger partial charge in [-0.1, -0.05) is 28.1 Å². The van der Waals surface area contributed by atoms with Crippen LogP contribution in [0.25, 0.3) is 0 Å². The molecule has 0 aliphatic heterocycles. The number of benzene rings is 2. The van der Waals surface area contributed by atoms with Crippen LogP contribution in [0.15, 0.2) is 51.8 Å². The molecular weight excluding hydrogens is 391 g/mol. The van der Waals surface area contributed by atoms with E-state index in [2.05, 4.69) is 21.2 Å². The van der Waals surface area contributed by atoms with Crippen LogP contribution in [0.5, 0.6) is 0 Å². The lowest BCUT2D eigenvalue weighted by atomic mass is 10.2. The van der Waals surface area contributed by atoms with Crippen molar-refractivity contribution in [3.05, 3.63) is 58.3 Å². The minimum atomic E-state index is -0.191. The van der Waals surface area contributed by atoms with E-state index in [0.717, 1.165) is 32.9 Å². The molecule has 2 N–H and O–H groups in total. The molecule has 2 aromatic rings. The SMILES string of the molecule is Cc1cc(Br)ccc1NC(=O)C[NH+](C)CCSc1ccccc1F. The Bertz CT molecular complexity index is 711. The maximum absolute atomic E-state index is 13.5. The van der Waals surface area contributed by atoms with E-state index in [1.165, 1.54) is 17.8 Å². The summed E-state index contributed by atoms with van der Waals surface area (Å²) in [6, 6.07) is 12.5. The first-order valence-corrected chi connectivity index (χ1v) is 9.48. The molecular formula is C18H21BrFN2OS+. The van der Waals surface area contributed by atoms with Crippen molar-refractivity contribution in [2.24, 2.45) is 0 Å². The maximum atomic E-state index is 13.5. The highest BCUT2D eigenvalue weighted by Crippen LogP contribution is 2.20. The summed E-state index contributed by atoms with van der Waals surface area (Å²) in [6.07, 6.45) is 0. The lowest BCUT2D eigenvalue weighted by Gasteiger charge is -2.14. The van der Waals surface area contributed by atoms with Crippen LogP contribution in [0.4, 0.5) is 10.1 Å². The Labute approximate surface area is 154 Å². The van der Waals surface area contributed by atoms with Gasteiger partial charge in [0.1, 0.15) is 5.82 Å². The number of quaternary nitrogens is 1. The first-order chi connectivity index (χ1) is 11.5. The maximum Gasteiger partial charge on any atom is 0.279 e. The third-order valence-electron chi connectivity index (χ3n) is 3.55. The Kier molecular flexibility index (Phi) is 7.27. The van der Waals surface area contributed by atoms with Crippen molar-refractivity contribution in [3.63, 3.8) is 0 Å². The van der Waals surface area contributed by atoms with Crippen LogP contribution in [0.2, 0.25) is 0 Å². The van der Waals surface area contributed by atoms with Crippen molar-refractivity contribution >= 4 is 39.3 Å². The minimum absolute atomic E-state index is 0.0196. The second kappa shape index (κ2) is 9.20. The Balaban J connectivity index is 1.76. The minimum Gasteiger partial charge on any atom is -0.329 e. The van der Waals surface area contributed by atoms with Gasteiger partial charge in [0.15, 0.2) is 6.54 Å². The van der Waals surface area contributed by atoms with Crippen LogP contribution in [0.3, 0.4) is 0 Å². The molecule has 0 bridgehead atoms. The van der Waals surface area contributed by atoms with Crippen molar-refractivity contribution in [1.82, 2.24) is 0 Å². The number of carbonyl (C=O) groups excluding carboxylic acids is 1. The van der Waals surface area contributed by atoms with E-state index in [9.17, 15) is 9.18 Å². The van der Waals surface area contributed by atoms with Gasteiger partial charge in [0.2, 0.25) is 0 Å². The highest BCUT2D eigenvalue weighted by Gasteiger charge is 2.12. The molecule has 1 atom stereocenters. The Hall–Kier alpha value is -1.37. The normalized spacial score (nSPS) is 12.0. The molecule has 0 saturated heterocycles. The standard InChI is InChI=1S/C18H20BrFN2OS/c1-13-11-14(19)7-8-16(13)21-18(23)12-22(2)9-10-24-17-6-4-3-5-15(17)20/h3-8,11H,9-10,12H2,1-2H3,(H,21,23)/p+1. The second-order valence-electron chi connectivity index (χ2n) is 5.67. The van der Waals surface area contributed by atoms with Gasteiger partial charge in [-0.15, -0.1) is 11.8 Å². The van der Waals surface area contributed by atoms with E-state index >= 15 is 0 Å². The smallest absolute Gasteiger partial charge is 0.279 e. The summed E-state index contributed by atoms with van der Waals surface area (Å²) < 4.78 is 14.5. The number of anilines is 1. The zero-order chi connectivity index (χ0) is 17.5.